The van der Waals surface area contributed by atoms with Gasteiger partial charge >= 0.3 is 0 Å². The van der Waals surface area contributed by atoms with E-state index in [0.29, 0.717) is 6.61 Å². The Labute approximate surface area is 109 Å². The topological polar surface area (TPSA) is 32.7 Å². The van der Waals surface area contributed by atoms with E-state index < -0.39 is 0 Å². The standard InChI is InChI=1S/C15H23NO2/c1-18-15-8-4-13(5-9-15)12-16(14-6-7-14)10-2-3-11-17/h4-5,8-9,14,17H,2-3,6-7,10-12H2,1H3. The largest absolute Gasteiger partial charge is 0.497 e. The van der Waals surface area contributed by atoms with Crippen molar-refractivity contribution in [2.45, 2.75) is 38.3 Å². The Morgan fingerprint density at radius 3 is 2.50 bits per heavy atom. The third kappa shape index (κ3) is 4.00. The molecule has 0 spiro atoms. The summed E-state index contributed by atoms with van der Waals surface area (Å²) in [6.07, 6.45) is 4.65. The molecule has 1 aliphatic carbocycles. The lowest BCUT2D eigenvalue weighted by Crippen LogP contribution is -2.26. The van der Waals surface area contributed by atoms with E-state index in [2.05, 4.69) is 17.0 Å². The minimum absolute atomic E-state index is 0.307. The van der Waals surface area contributed by atoms with Crippen LogP contribution in [0.5, 0.6) is 5.75 Å². The van der Waals surface area contributed by atoms with Gasteiger partial charge in [-0.1, -0.05) is 12.1 Å². The second kappa shape index (κ2) is 6.76. The summed E-state index contributed by atoms with van der Waals surface area (Å²) < 4.78 is 5.17. The smallest absolute Gasteiger partial charge is 0.118 e. The van der Waals surface area contributed by atoms with Crippen LogP contribution in [-0.2, 0) is 6.54 Å². The Bertz CT molecular complexity index is 346. The molecular formula is C15H23NO2. The number of benzene rings is 1. The molecule has 0 amide bonds. The highest BCUT2D eigenvalue weighted by atomic mass is 16.5. The lowest BCUT2D eigenvalue weighted by molar-refractivity contribution is 0.228. The van der Waals surface area contributed by atoms with E-state index in [-0.39, 0.29) is 0 Å². The van der Waals surface area contributed by atoms with E-state index >= 15 is 0 Å². The van der Waals surface area contributed by atoms with E-state index in [1.807, 2.05) is 12.1 Å². The molecular weight excluding hydrogens is 226 g/mol. The van der Waals surface area contributed by atoms with Crippen molar-refractivity contribution in [1.82, 2.24) is 4.90 Å². The molecule has 1 aromatic rings. The molecule has 0 radical (unpaired) electrons. The summed E-state index contributed by atoms with van der Waals surface area (Å²) in [6, 6.07) is 9.09. The first kappa shape index (κ1) is 13.4. The van der Waals surface area contributed by atoms with E-state index in [0.717, 1.165) is 37.7 Å². The Morgan fingerprint density at radius 1 is 1.22 bits per heavy atom. The maximum absolute atomic E-state index is 8.85. The first-order chi connectivity index (χ1) is 8.83. The zero-order chi connectivity index (χ0) is 12.8. The van der Waals surface area contributed by atoms with Crippen molar-refractivity contribution in [3.63, 3.8) is 0 Å². The summed E-state index contributed by atoms with van der Waals surface area (Å²) in [4.78, 5) is 2.54. The predicted molar refractivity (Wildman–Crippen MR) is 72.7 cm³/mol. The van der Waals surface area contributed by atoms with Crippen LogP contribution in [0.4, 0.5) is 0 Å². The first-order valence-corrected chi connectivity index (χ1v) is 6.81. The second-order valence-corrected chi connectivity index (χ2v) is 4.98. The van der Waals surface area contributed by atoms with Gasteiger partial charge in [0.25, 0.3) is 0 Å². The maximum Gasteiger partial charge on any atom is 0.118 e. The van der Waals surface area contributed by atoms with Crippen LogP contribution in [0, 0.1) is 0 Å². The molecule has 0 bridgehead atoms. The fraction of sp³-hybridized carbons (Fsp3) is 0.600. The average Bonchev–Trinajstić information content (AvgIpc) is 3.23. The molecule has 100 valence electrons. The van der Waals surface area contributed by atoms with Crippen molar-refractivity contribution in [3.05, 3.63) is 29.8 Å². The fourth-order valence-corrected chi connectivity index (χ4v) is 2.22. The van der Waals surface area contributed by atoms with Gasteiger partial charge in [0.2, 0.25) is 0 Å². The van der Waals surface area contributed by atoms with E-state index in [9.17, 15) is 0 Å². The summed E-state index contributed by atoms with van der Waals surface area (Å²) in [5.41, 5.74) is 1.34. The van der Waals surface area contributed by atoms with Crippen LogP contribution in [0.3, 0.4) is 0 Å². The number of hydrogen-bond donors (Lipinski definition) is 1. The van der Waals surface area contributed by atoms with Gasteiger partial charge in [0.05, 0.1) is 7.11 Å². The van der Waals surface area contributed by atoms with Gasteiger partial charge in [-0.3, -0.25) is 4.90 Å². The van der Waals surface area contributed by atoms with Gasteiger partial charge in [-0.25, -0.2) is 0 Å². The number of rotatable bonds is 8. The molecule has 2 rings (SSSR count). The number of methoxy groups -OCH3 is 1. The highest BCUT2D eigenvalue weighted by Gasteiger charge is 2.28. The highest BCUT2D eigenvalue weighted by Crippen LogP contribution is 2.28. The zero-order valence-corrected chi connectivity index (χ0v) is 11.1. The third-order valence-electron chi connectivity index (χ3n) is 3.46. The van der Waals surface area contributed by atoms with Crippen LogP contribution in [0.25, 0.3) is 0 Å². The predicted octanol–water partition coefficient (Wildman–Crippen LogP) is 2.43. The molecule has 0 atom stereocenters. The van der Waals surface area contributed by atoms with E-state index in [1.165, 1.54) is 18.4 Å². The van der Waals surface area contributed by atoms with Crippen LogP contribution in [0.1, 0.15) is 31.2 Å². The van der Waals surface area contributed by atoms with Crippen molar-refractivity contribution in [1.29, 1.82) is 0 Å². The molecule has 1 aromatic carbocycles. The summed E-state index contributed by atoms with van der Waals surface area (Å²) in [5, 5.41) is 8.85. The van der Waals surface area contributed by atoms with Crippen molar-refractivity contribution in [2.24, 2.45) is 0 Å². The summed E-state index contributed by atoms with van der Waals surface area (Å²) in [7, 11) is 1.69. The number of aliphatic hydroxyl groups excluding tert-OH is 1. The quantitative estimate of drug-likeness (QED) is 0.718. The number of aliphatic hydroxyl groups is 1. The van der Waals surface area contributed by atoms with Crippen molar-refractivity contribution in [3.8, 4) is 5.75 Å². The van der Waals surface area contributed by atoms with Crippen LogP contribution in [0.2, 0.25) is 0 Å². The monoisotopic (exact) mass is 249 g/mol. The Kier molecular flexibility index (Phi) is 5.02. The van der Waals surface area contributed by atoms with Crippen LogP contribution >= 0.6 is 0 Å². The molecule has 1 aliphatic rings. The van der Waals surface area contributed by atoms with Crippen LogP contribution in [0.15, 0.2) is 24.3 Å². The van der Waals surface area contributed by atoms with Gasteiger partial charge in [0, 0.05) is 19.2 Å². The summed E-state index contributed by atoms with van der Waals surface area (Å²) in [6.45, 7) is 2.42. The van der Waals surface area contributed by atoms with Gasteiger partial charge in [-0.2, -0.15) is 0 Å². The molecule has 0 saturated heterocycles. The number of hydrogen-bond acceptors (Lipinski definition) is 3. The Morgan fingerprint density at radius 2 is 1.94 bits per heavy atom. The zero-order valence-electron chi connectivity index (χ0n) is 11.1. The highest BCUT2D eigenvalue weighted by molar-refractivity contribution is 5.27. The molecule has 0 aliphatic heterocycles. The summed E-state index contributed by atoms with van der Waals surface area (Å²) >= 11 is 0. The van der Waals surface area contributed by atoms with Gasteiger partial charge in [-0.15, -0.1) is 0 Å². The number of unbranched alkanes of at least 4 members (excludes halogenated alkanes) is 1. The molecule has 1 saturated carbocycles. The van der Waals surface area contributed by atoms with Crippen molar-refractivity contribution < 1.29 is 9.84 Å². The second-order valence-electron chi connectivity index (χ2n) is 4.98. The number of nitrogens with zero attached hydrogens (tertiary/aromatic N) is 1. The molecule has 0 unspecified atom stereocenters. The van der Waals surface area contributed by atoms with Gasteiger partial charge < -0.3 is 9.84 Å². The minimum atomic E-state index is 0.307. The summed E-state index contributed by atoms with van der Waals surface area (Å²) in [5.74, 6) is 0.914. The maximum atomic E-state index is 8.85. The molecule has 3 heteroatoms. The third-order valence-corrected chi connectivity index (χ3v) is 3.46. The lowest BCUT2D eigenvalue weighted by Gasteiger charge is -2.22. The lowest BCUT2D eigenvalue weighted by atomic mass is 10.2. The Balaban J connectivity index is 1.86. The molecule has 3 nitrogen and oxygen atoms in total. The molecule has 0 aromatic heterocycles. The normalized spacial score (nSPS) is 15.1. The van der Waals surface area contributed by atoms with Gasteiger partial charge in [0.1, 0.15) is 5.75 Å². The fourth-order valence-electron chi connectivity index (χ4n) is 2.22. The number of ether oxygens (including phenoxy) is 1. The van der Waals surface area contributed by atoms with Crippen molar-refractivity contribution >= 4 is 0 Å². The van der Waals surface area contributed by atoms with E-state index in [1.54, 1.807) is 7.11 Å². The SMILES string of the molecule is COc1ccc(CN(CCCCO)C2CC2)cc1. The molecule has 1 N–H and O–H groups in total. The van der Waals surface area contributed by atoms with Crippen LogP contribution in [-0.4, -0.2) is 36.3 Å². The van der Waals surface area contributed by atoms with Crippen molar-refractivity contribution in [2.75, 3.05) is 20.3 Å². The molecule has 1 fully saturated rings. The molecule has 0 heterocycles. The minimum Gasteiger partial charge on any atom is -0.497 e. The Hall–Kier alpha value is -1.06. The van der Waals surface area contributed by atoms with Gasteiger partial charge in [0.15, 0.2) is 0 Å². The molecule has 18 heavy (non-hydrogen) atoms. The van der Waals surface area contributed by atoms with Gasteiger partial charge in [-0.05, 0) is 49.9 Å². The van der Waals surface area contributed by atoms with E-state index in [4.69, 9.17) is 9.84 Å². The van der Waals surface area contributed by atoms with Crippen LogP contribution < -0.4 is 4.74 Å². The first-order valence-electron chi connectivity index (χ1n) is 6.81. The average molecular weight is 249 g/mol.